The van der Waals surface area contributed by atoms with Crippen molar-refractivity contribution in [3.63, 3.8) is 0 Å². The lowest BCUT2D eigenvalue weighted by Crippen LogP contribution is -2.55. The van der Waals surface area contributed by atoms with Crippen LogP contribution in [-0.2, 0) is 22.4 Å². The molecule has 0 unspecified atom stereocenters. The van der Waals surface area contributed by atoms with Gasteiger partial charge in [0.25, 0.3) is 0 Å². The van der Waals surface area contributed by atoms with Crippen molar-refractivity contribution in [3.05, 3.63) is 64.7 Å². The molecule has 0 aromatic heterocycles. The number of halogens is 1. The largest absolute Gasteiger partial charge is 0.492 e. The molecule has 1 aliphatic heterocycles. The number of fused-ring (bicyclic) bond motifs is 1. The summed E-state index contributed by atoms with van der Waals surface area (Å²) in [6.45, 7) is 5.69. The van der Waals surface area contributed by atoms with Crippen molar-refractivity contribution in [1.29, 1.82) is 5.41 Å². The van der Waals surface area contributed by atoms with Crippen molar-refractivity contribution in [2.75, 3.05) is 26.2 Å². The second-order valence-electron chi connectivity index (χ2n) is 10.6. The molecule has 9 nitrogen and oxygen atoms in total. The number of benzene rings is 2. The third-order valence-corrected chi connectivity index (χ3v) is 7.39. The number of nitrogens with two attached hydrogens (primary N) is 1. The third-order valence-electron chi connectivity index (χ3n) is 7.16. The van der Waals surface area contributed by atoms with Crippen LogP contribution in [0.25, 0.3) is 0 Å². The van der Waals surface area contributed by atoms with Crippen LogP contribution in [0.4, 0.5) is 0 Å². The summed E-state index contributed by atoms with van der Waals surface area (Å²) in [5.74, 6) is -0.122. The van der Waals surface area contributed by atoms with E-state index in [1.165, 1.54) is 0 Å². The number of ether oxygens (including phenoxy) is 1. The van der Waals surface area contributed by atoms with E-state index in [2.05, 4.69) is 27.3 Å². The van der Waals surface area contributed by atoms with Gasteiger partial charge in [-0.05, 0) is 67.3 Å². The number of para-hydroxylation sites is 1. The molecule has 2 aromatic carbocycles. The van der Waals surface area contributed by atoms with Crippen molar-refractivity contribution in [2.24, 2.45) is 17.6 Å². The number of amides is 2. The quantitative estimate of drug-likeness (QED) is 0.241. The molecule has 2 amide bonds. The molecule has 40 heavy (non-hydrogen) atoms. The summed E-state index contributed by atoms with van der Waals surface area (Å²) in [5, 5.41) is 20.4. The summed E-state index contributed by atoms with van der Waals surface area (Å²) >= 11 is 6.25. The topological polar surface area (TPSA) is 141 Å². The fraction of sp³-hybridized carbons (Fsp3) is 0.500. The molecular weight excluding hydrogens is 528 g/mol. The predicted molar refractivity (Wildman–Crippen MR) is 160 cm³/mol. The fourth-order valence-electron chi connectivity index (χ4n) is 4.96. The van der Waals surface area contributed by atoms with Crippen LogP contribution in [0.15, 0.2) is 48.5 Å². The van der Waals surface area contributed by atoms with Crippen LogP contribution >= 0.6 is 11.6 Å². The maximum Gasteiger partial charge on any atom is 0.244 e. The van der Waals surface area contributed by atoms with Crippen LogP contribution in [0, 0.1) is 17.2 Å². The summed E-state index contributed by atoms with van der Waals surface area (Å²) in [4.78, 5) is 26.5. The Kier molecular flexibility index (Phi) is 12.6. The van der Waals surface area contributed by atoms with E-state index in [4.69, 9.17) is 27.5 Å². The van der Waals surface area contributed by atoms with Crippen LogP contribution in [0.2, 0.25) is 5.02 Å². The van der Waals surface area contributed by atoms with Crippen molar-refractivity contribution >= 4 is 29.4 Å². The van der Waals surface area contributed by atoms with Crippen molar-refractivity contribution < 1.29 is 14.3 Å². The van der Waals surface area contributed by atoms with Gasteiger partial charge in [0.15, 0.2) is 5.96 Å². The highest BCUT2D eigenvalue weighted by Gasteiger charge is 2.28. The zero-order chi connectivity index (χ0) is 28.9. The number of nitrogens with one attached hydrogen (secondary N) is 5. The van der Waals surface area contributed by atoms with Gasteiger partial charge in [-0.1, -0.05) is 55.8 Å². The molecule has 0 saturated heterocycles. The van der Waals surface area contributed by atoms with Gasteiger partial charge in [0, 0.05) is 36.6 Å². The minimum absolute atomic E-state index is 0.0351. The normalized spacial score (nSPS) is 21.6. The number of carbonyl (C=O) groups is 2. The van der Waals surface area contributed by atoms with E-state index in [0.717, 1.165) is 36.1 Å². The first-order valence-corrected chi connectivity index (χ1v) is 14.4. The first kappa shape index (κ1) is 31.2. The minimum Gasteiger partial charge on any atom is -0.492 e. The van der Waals surface area contributed by atoms with Gasteiger partial charge in [0.05, 0.1) is 0 Å². The molecule has 1 aliphatic rings. The Morgan fingerprint density at radius 2 is 1.93 bits per heavy atom. The number of guanidine groups is 1. The monoisotopic (exact) mass is 570 g/mol. The van der Waals surface area contributed by atoms with Gasteiger partial charge in [-0.25, -0.2) is 0 Å². The Labute approximate surface area is 242 Å². The Morgan fingerprint density at radius 1 is 1.12 bits per heavy atom. The molecule has 0 spiro atoms. The number of rotatable bonds is 5. The molecule has 0 bridgehead atoms. The molecule has 7 N–H and O–H groups in total. The molecule has 0 saturated carbocycles. The highest BCUT2D eigenvalue weighted by molar-refractivity contribution is 6.30. The van der Waals surface area contributed by atoms with Crippen molar-refractivity contribution in [3.8, 4) is 5.75 Å². The van der Waals surface area contributed by atoms with Gasteiger partial charge >= 0.3 is 0 Å². The van der Waals surface area contributed by atoms with Crippen LogP contribution in [0.3, 0.4) is 0 Å². The summed E-state index contributed by atoms with van der Waals surface area (Å²) in [6.07, 6.45) is 3.60. The molecule has 1 heterocycles. The van der Waals surface area contributed by atoms with Gasteiger partial charge in [-0.15, -0.1) is 0 Å². The van der Waals surface area contributed by atoms with Crippen LogP contribution in [-0.4, -0.2) is 56.1 Å². The molecular formula is C30H43ClN6O3. The van der Waals surface area contributed by atoms with Crippen LogP contribution < -0.4 is 31.7 Å². The summed E-state index contributed by atoms with van der Waals surface area (Å²) in [5.41, 5.74) is 7.67. The lowest BCUT2D eigenvalue weighted by Gasteiger charge is -2.27. The average Bonchev–Trinajstić information content (AvgIpc) is 2.91. The number of aryl methyl sites for hydroxylation is 1. The first-order valence-electron chi connectivity index (χ1n) is 14.1. The van der Waals surface area contributed by atoms with Gasteiger partial charge in [0.2, 0.25) is 11.8 Å². The van der Waals surface area contributed by atoms with E-state index in [9.17, 15) is 9.59 Å². The third kappa shape index (κ3) is 10.4. The highest BCUT2D eigenvalue weighted by atomic mass is 35.5. The van der Waals surface area contributed by atoms with Crippen LogP contribution in [0.5, 0.6) is 5.75 Å². The molecule has 3 rings (SSSR count). The summed E-state index contributed by atoms with van der Waals surface area (Å²) in [6, 6.07) is 15.0. The fourth-order valence-corrected chi connectivity index (χ4v) is 5.17. The van der Waals surface area contributed by atoms with Crippen molar-refractivity contribution in [1.82, 2.24) is 21.3 Å². The van der Waals surface area contributed by atoms with E-state index in [0.29, 0.717) is 37.6 Å². The molecule has 3 atom stereocenters. The average molecular weight is 571 g/mol. The molecule has 0 fully saturated rings. The van der Waals surface area contributed by atoms with Gasteiger partial charge < -0.3 is 31.7 Å². The second-order valence-corrected chi connectivity index (χ2v) is 11.1. The number of carbonyl (C=O) groups excluding carboxylic acids is 2. The standard InChI is InChI=1S/C30H43ClN6O3/c1-20(2)25-13-12-24(18-21-7-5-10-23(31)17-21)34-15-16-40-27-11-4-3-8-22(27)9-6-14-35-29(39)26(37-28(25)38)19-36-30(32)33/h3-5,7-8,10-11,17,20,24-26,34H,6,9,12-16,18-19H2,1-2H3,(H,35,39)(H,37,38)(H4,32,33,36)/t24-,25+,26-/m0/s1. The highest BCUT2D eigenvalue weighted by Crippen LogP contribution is 2.22. The Balaban J connectivity index is 1.81. The van der Waals surface area contributed by atoms with Crippen LogP contribution in [0.1, 0.15) is 44.2 Å². The van der Waals surface area contributed by atoms with Gasteiger partial charge in [-0.3, -0.25) is 15.0 Å². The van der Waals surface area contributed by atoms with E-state index in [1.54, 1.807) is 0 Å². The zero-order valence-corrected chi connectivity index (χ0v) is 24.2. The molecule has 0 radical (unpaired) electrons. The Hall–Kier alpha value is -3.30. The lowest BCUT2D eigenvalue weighted by atomic mass is 9.87. The maximum absolute atomic E-state index is 13.4. The molecule has 2 aromatic rings. The smallest absolute Gasteiger partial charge is 0.244 e. The molecule has 10 heteroatoms. The minimum atomic E-state index is -0.854. The second kappa shape index (κ2) is 16.1. The maximum atomic E-state index is 13.4. The zero-order valence-electron chi connectivity index (χ0n) is 23.5. The lowest BCUT2D eigenvalue weighted by molar-refractivity contribution is -0.132. The van der Waals surface area contributed by atoms with E-state index < -0.39 is 6.04 Å². The number of hydrogen-bond acceptors (Lipinski definition) is 5. The van der Waals surface area contributed by atoms with Gasteiger partial charge in [-0.2, -0.15) is 0 Å². The van der Waals surface area contributed by atoms with E-state index in [-0.39, 0.29) is 42.2 Å². The molecule has 218 valence electrons. The SMILES string of the molecule is CC(C)[C@H]1CC[C@@H](Cc2cccc(Cl)c2)NCCOc2ccccc2CCCNC(=O)[C@H](CNC(=N)N)NC1=O. The van der Waals surface area contributed by atoms with Crippen molar-refractivity contribution in [2.45, 2.75) is 58.0 Å². The Bertz CT molecular complexity index is 1130. The van der Waals surface area contributed by atoms with E-state index in [1.807, 2.05) is 56.3 Å². The summed E-state index contributed by atoms with van der Waals surface area (Å²) < 4.78 is 6.14. The van der Waals surface area contributed by atoms with E-state index >= 15 is 0 Å². The summed E-state index contributed by atoms with van der Waals surface area (Å²) in [7, 11) is 0. The number of hydrogen-bond donors (Lipinski definition) is 6. The first-order chi connectivity index (χ1) is 19.2. The predicted octanol–water partition coefficient (Wildman–Crippen LogP) is 3.00. The Morgan fingerprint density at radius 3 is 2.67 bits per heavy atom. The molecule has 0 aliphatic carbocycles. The van der Waals surface area contributed by atoms with Gasteiger partial charge in [0.1, 0.15) is 18.4 Å².